The molecule has 2 aromatic rings. The smallest absolute Gasteiger partial charge is 0.242 e. The molecule has 0 aliphatic rings. The number of rotatable bonds is 9. The summed E-state index contributed by atoms with van der Waals surface area (Å²) < 4.78 is 5.16. The van der Waals surface area contributed by atoms with Crippen molar-refractivity contribution in [2.75, 3.05) is 19.9 Å². The first kappa shape index (κ1) is 21.8. The molecule has 0 aliphatic carbocycles. The van der Waals surface area contributed by atoms with Crippen molar-refractivity contribution in [2.45, 2.75) is 32.2 Å². The zero-order chi connectivity index (χ0) is 20.5. The number of carbonyl (C=O) groups is 2. The van der Waals surface area contributed by atoms with Crippen LogP contribution in [0.4, 0.5) is 0 Å². The molecule has 6 heteroatoms. The van der Waals surface area contributed by atoms with Crippen molar-refractivity contribution in [2.24, 2.45) is 0 Å². The molecule has 2 aromatic carbocycles. The van der Waals surface area contributed by atoms with Crippen LogP contribution in [0.3, 0.4) is 0 Å². The number of hydrogen-bond donors (Lipinski definition) is 1. The van der Waals surface area contributed by atoms with E-state index in [4.69, 9.17) is 4.74 Å². The summed E-state index contributed by atoms with van der Waals surface area (Å²) in [7, 11) is 3.23. The fourth-order valence-electron chi connectivity index (χ4n) is 2.74. The average molecular weight is 401 g/mol. The quantitative estimate of drug-likeness (QED) is 0.701. The van der Waals surface area contributed by atoms with E-state index in [0.717, 1.165) is 28.2 Å². The highest BCUT2D eigenvalue weighted by Crippen LogP contribution is 2.18. The summed E-state index contributed by atoms with van der Waals surface area (Å²) in [5.74, 6) is 1.64. The highest BCUT2D eigenvalue weighted by molar-refractivity contribution is 7.99. The van der Waals surface area contributed by atoms with Crippen molar-refractivity contribution in [3.63, 3.8) is 0 Å². The Bertz CT molecular complexity index is 775. The number of aryl methyl sites for hydroxylation is 1. The van der Waals surface area contributed by atoms with Crippen molar-refractivity contribution in [1.29, 1.82) is 0 Å². The van der Waals surface area contributed by atoms with Gasteiger partial charge in [0, 0.05) is 19.3 Å². The maximum absolute atomic E-state index is 12.9. The fraction of sp³-hybridized carbons (Fsp3) is 0.364. The Morgan fingerprint density at radius 3 is 2.25 bits per heavy atom. The topological polar surface area (TPSA) is 58.6 Å². The van der Waals surface area contributed by atoms with E-state index in [9.17, 15) is 9.59 Å². The van der Waals surface area contributed by atoms with Crippen molar-refractivity contribution in [1.82, 2.24) is 10.2 Å². The molecule has 1 unspecified atom stereocenters. The molecule has 1 atom stereocenters. The van der Waals surface area contributed by atoms with Crippen LogP contribution in [0, 0.1) is 6.92 Å². The second-order valence-electron chi connectivity index (χ2n) is 6.64. The van der Waals surface area contributed by atoms with Crippen molar-refractivity contribution >= 4 is 23.6 Å². The third-order valence-corrected chi connectivity index (χ3v) is 5.53. The van der Waals surface area contributed by atoms with Gasteiger partial charge >= 0.3 is 0 Å². The van der Waals surface area contributed by atoms with Gasteiger partial charge in [0.15, 0.2) is 0 Å². The monoisotopic (exact) mass is 400 g/mol. The molecule has 0 radical (unpaired) electrons. The van der Waals surface area contributed by atoms with Gasteiger partial charge in [-0.25, -0.2) is 0 Å². The van der Waals surface area contributed by atoms with Crippen molar-refractivity contribution < 1.29 is 14.3 Å². The Hall–Kier alpha value is -2.47. The first-order chi connectivity index (χ1) is 13.4. The number of nitrogens with zero attached hydrogens (tertiary/aromatic N) is 1. The lowest BCUT2D eigenvalue weighted by atomic mass is 10.1. The summed E-state index contributed by atoms with van der Waals surface area (Å²) in [6, 6.07) is 15.3. The van der Waals surface area contributed by atoms with Gasteiger partial charge in [-0.15, -0.1) is 11.8 Å². The molecule has 0 bridgehead atoms. The minimum Gasteiger partial charge on any atom is -0.497 e. The molecule has 150 valence electrons. The first-order valence-electron chi connectivity index (χ1n) is 9.22. The number of likely N-dealkylation sites (N-methyl/N-ethyl adjacent to an activating group) is 1. The Labute approximate surface area is 171 Å². The number of methoxy groups -OCH3 is 1. The van der Waals surface area contributed by atoms with Gasteiger partial charge in [0.2, 0.25) is 11.8 Å². The Balaban J connectivity index is 2.00. The Morgan fingerprint density at radius 1 is 1.07 bits per heavy atom. The van der Waals surface area contributed by atoms with Crippen LogP contribution in [-0.2, 0) is 21.9 Å². The van der Waals surface area contributed by atoms with Gasteiger partial charge in [0.25, 0.3) is 0 Å². The third-order valence-electron chi connectivity index (χ3n) is 4.54. The molecule has 1 N–H and O–H groups in total. The summed E-state index contributed by atoms with van der Waals surface area (Å²) >= 11 is 1.54. The van der Waals surface area contributed by atoms with Gasteiger partial charge in [-0.05, 0) is 37.1 Å². The van der Waals surface area contributed by atoms with E-state index in [0.29, 0.717) is 12.3 Å². The molecule has 0 aromatic heterocycles. The minimum absolute atomic E-state index is 0.0461. The van der Waals surface area contributed by atoms with Crippen LogP contribution in [0.5, 0.6) is 5.75 Å². The lowest BCUT2D eigenvalue weighted by Crippen LogP contribution is -2.47. The average Bonchev–Trinajstić information content (AvgIpc) is 2.72. The van der Waals surface area contributed by atoms with E-state index in [1.165, 1.54) is 0 Å². The van der Waals surface area contributed by atoms with Gasteiger partial charge in [-0.3, -0.25) is 9.59 Å². The number of amides is 2. The number of nitrogens with one attached hydrogen (secondary N) is 1. The van der Waals surface area contributed by atoms with Crippen molar-refractivity contribution in [3.8, 4) is 5.75 Å². The van der Waals surface area contributed by atoms with E-state index in [-0.39, 0.29) is 11.8 Å². The number of hydrogen-bond acceptors (Lipinski definition) is 4. The summed E-state index contributed by atoms with van der Waals surface area (Å²) in [5, 5.41) is 2.64. The molecular formula is C22H28N2O3S. The largest absolute Gasteiger partial charge is 0.497 e. The van der Waals surface area contributed by atoms with E-state index in [2.05, 4.69) is 5.32 Å². The predicted octanol–water partition coefficient (Wildman–Crippen LogP) is 3.40. The molecule has 0 fully saturated rings. The zero-order valence-corrected chi connectivity index (χ0v) is 17.7. The van der Waals surface area contributed by atoms with Crippen LogP contribution in [0.1, 0.15) is 23.6 Å². The number of thioether (sulfide) groups is 1. The SMILES string of the molecule is CNC(=O)C(C)N(Cc1ccc(C)cc1)C(=O)CSCc1ccc(OC)cc1. The molecule has 5 nitrogen and oxygen atoms in total. The maximum atomic E-state index is 12.9. The standard InChI is InChI=1S/C22H28N2O3S/c1-16-5-7-18(8-6-16)13-24(17(2)22(26)23-3)21(25)15-28-14-19-9-11-20(27-4)12-10-19/h5-12,17H,13-15H2,1-4H3,(H,23,26). The van der Waals surface area contributed by atoms with Gasteiger partial charge in [0.1, 0.15) is 11.8 Å². The normalized spacial score (nSPS) is 11.6. The fourth-order valence-corrected chi connectivity index (χ4v) is 3.61. The molecule has 2 rings (SSSR count). The van der Waals surface area contributed by atoms with E-state index < -0.39 is 6.04 Å². The second kappa shape index (κ2) is 10.8. The Kier molecular flexibility index (Phi) is 8.39. The summed E-state index contributed by atoms with van der Waals surface area (Å²) in [6.45, 7) is 4.20. The number of carbonyl (C=O) groups excluding carboxylic acids is 2. The van der Waals surface area contributed by atoms with Crippen LogP contribution >= 0.6 is 11.8 Å². The van der Waals surface area contributed by atoms with Crippen LogP contribution in [0.15, 0.2) is 48.5 Å². The Morgan fingerprint density at radius 2 is 1.68 bits per heavy atom. The van der Waals surface area contributed by atoms with Gasteiger partial charge < -0.3 is 15.0 Å². The minimum atomic E-state index is -0.527. The van der Waals surface area contributed by atoms with E-state index >= 15 is 0 Å². The second-order valence-corrected chi connectivity index (χ2v) is 7.62. The van der Waals surface area contributed by atoms with Crippen LogP contribution < -0.4 is 10.1 Å². The maximum Gasteiger partial charge on any atom is 0.242 e. The van der Waals surface area contributed by atoms with Gasteiger partial charge in [0.05, 0.1) is 12.9 Å². The molecule has 2 amide bonds. The summed E-state index contributed by atoms with van der Waals surface area (Å²) in [5.41, 5.74) is 3.30. The molecule has 0 aliphatic heterocycles. The van der Waals surface area contributed by atoms with E-state index in [1.54, 1.807) is 37.7 Å². The highest BCUT2D eigenvalue weighted by atomic mass is 32.2. The van der Waals surface area contributed by atoms with Crippen LogP contribution in [0.25, 0.3) is 0 Å². The third kappa shape index (κ3) is 6.30. The summed E-state index contributed by atoms with van der Waals surface area (Å²) in [4.78, 5) is 26.6. The molecule has 0 heterocycles. The first-order valence-corrected chi connectivity index (χ1v) is 10.4. The molecular weight excluding hydrogens is 372 g/mol. The van der Waals surface area contributed by atoms with Gasteiger partial charge in [-0.1, -0.05) is 42.0 Å². The number of benzene rings is 2. The molecule has 28 heavy (non-hydrogen) atoms. The lowest BCUT2D eigenvalue weighted by Gasteiger charge is -2.28. The van der Waals surface area contributed by atoms with Crippen LogP contribution in [0.2, 0.25) is 0 Å². The molecule has 0 spiro atoms. The summed E-state index contributed by atoms with van der Waals surface area (Å²) in [6.07, 6.45) is 0. The molecule has 0 saturated carbocycles. The van der Waals surface area contributed by atoms with Gasteiger partial charge in [-0.2, -0.15) is 0 Å². The van der Waals surface area contributed by atoms with E-state index in [1.807, 2.05) is 55.5 Å². The predicted molar refractivity (Wildman–Crippen MR) is 114 cm³/mol. The zero-order valence-electron chi connectivity index (χ0n) is 16.9. The number of ether oxygens (including phenoxy) is 1. The van der Waals surface area contributed by atoms with Crippen molar-refractivity contribution in [3.05, 3.63) is 65.2 Å². The molecule has 0 saturated heterocycles. The lowest BCUT2D eigenvalue weighted by molar-refractivity contribution is -0.138. The highest BCUT2D eigenvalue weighted by Gasteiger charge is 2.25. The van der Waals surface area contributed by atoms with Crippen LogP contribution in [-0.4, -0.2) is 42.7 Å².